The van der Waals surface area contributed by atoms with Crippen LogP contribution in [0.1, 0.15) is 58.9 Å². The van der Waals surface area contributed by atoms with Crippen LogP contribution in [0.3, 0.4) is 0 Å². The van der Waals surface area contributed by atoms with E-state index in [9.17, 15) is 4.79 Å². The molecule has 182 valence electrons. The van der Waals surface area contributed by atoms with Crippen LogP contribution in [-0.4, -0.2) is 70.4 Å². The van der Waals surface area contributed by atoms with Gasteiger partial charge in [-0.05, 0) is 78.1 Å². The van der Waals surface area contributed by atoms with E-state index in [0.29, 0.717) is 36.4 Å². The Morgan fingerprint density at radius 1 is 1.18 bits per heavy atom. The van der Waals surface area contributed by atoms with Crippen molar-refractivity contribution in [2.75, 3.05) is 45.1 Å². The van der Waals surface area contributed by atoms with Crippen LogP contribution in [0.15, 0.2) is 12.1 Å². The Morgan fingerprint density at radius 2 is 1.91 bits per heavy atom. The zero-order valence-corrected chi connectivity index (χ0v) is 20.7. The number of carbonyl (C=O) groups is 1. The lowest BCUT2D eigenvalue weighted by atomic mass is 10.1. The number of amides is 1. The van der Waals surface area contributed by atoms with Crippen LogP contribution in [-0.2, 0) is 4.74 Å². The lowest BCUT2D eigenvalue weighted by molar-refractivity contribution is 0.0238. The van der Waals surface area contributed by atoms with E-state index in [4.69, 9.17) is 26.8 Å². The topological polar surface area (TPSA) is 85.8 Å². The molecule has 2 N–H and O–H groups in total. The van der Waals surface area contributed by atoms with Crippen LogP contribution in [0.5, 0.6) is 5.75 Å². The fraction of sp³-hybridized carbons (Fsp3) is 0.667. The van der Waals surface area contributed by atoms with Crippen molar-refractivity contribution < 1.29 is 14.3 Å². The van der Waals surface area contributed by atoms with Crippen molar-refractivity contribution in [2.24, 2.45) is 0 Å². The number of likely N-dealkylation sites (tertiary alicyclic amines) is 2. The summed E-state index contributed by atoms with van der Waals surface area (Å²) < 4.78 is 13.7. The smallest absolute Gasteiger partial charge is 0.410 e. The second-order valence-electron chi connectivity index (χ2n) is 10.1. The standard InChI is InChI=1S/C24H36ClN5O3/c1-24(2,3)33-23(31)29-13-5-4-8-17(16-29)30-21-18(27-22(30)26)9-10-19(20(21)25)32-15-14-28-11-6-7-12-28/h9-10,17H,4-8,11-16H2,1-3H3,(H2,26,27). The van der Waals surface area contributed by atoms with Crippen LogP contribution in [0.25, 0.3) is 11.0 Å². The first-order valence-electron chi connectivity index (χ1n) is 12.0. The molecule has 2 saturated heterocycles. The van der Waals surface area contributed by atoms with Crippen LogP contribution in [0, 0.1) is 0 Å². The molecule has 4 rings (SSSR count). The van der Waals surface area contributed by atoms with Crippen molar-refractivity contribution in [2.45, 2.75) is 64.5 Å². The predicted octanol–water partition coefficient (Wildman–Crippen LogP) is 4.71. The van der Waals surface area contributed by atoms with Gasteiger partial charge in [0.15, 0.2) is 0 Å². The van der Waals surface area contributed by atoms with E-state index in [2.05, 4.69) is 9.88 Å². The zero-order valence-electron chi connectivity index (χ0n) is 20.0. The summed E-state index contributed by atoms with van der Waals surface area (Å²) >= 11 is 6.84. The number of aromatic nitrogens is 2. The number of hydrogen-bond acceptors (Lipinski definition) is 6. The predicted molar refractivity (Wildman–Crippen MR) is 131 cm³/mol. The molecule has 33 heavy (non-hydrogen) atoms. The van der Waals surface area contributed by atoms with Crippen molar-refractivity contribution in [3.8, 4) is 5.75 Å². The molecule has 0 bridgehead atoms. The van der Waals surface area contributed by atoms with E-state index in [-0.39, 0.29) is 12.1 Å². The van der Waals surface area contributed by atoms with Gasteiger partial charge in [0.1, 0.15) is 23.0 Å². The molecule has 2 aromatic rings. The molecular weight excluding hydrogens is 442 g/mol. The molecule has 0 radical (unpaired) electrons. The third-order valence-corrected chi connectivity index (χ3v) is 6.67. The fourth-order valence-corrected chi connectivity index (χ4v) is 5.05. The summed E-state index contributed by atoms with van der Waals surface area (Å²) in [4.78, 5) is 21.5. The Balaban J connectivity index is 1.56. The van der Waals surface area contributed by atoms with E-state index < -0.39 is 5.60 Å². The van der Waals surface area contributed by atoms with Crippen LogP contribution in [0.2, 0.25) is 5.02 Å². The molecular formula is C24H36ClN5O3. The number of hydrogen-bond donors (Lipinski definition) is 1. The molecule has 2 aliphatic rings. The molecule has 8 nitrogen and oxygen atoms in total. The van der Waals surface area contributed by atoms with Gasteiger partial charge in [-0.1, -0.05) is 11.6 Å². The first kappa shape index (κ1) is 24.0. The van der Waals surface area contributed by atoms with E-state index >= 15 is 0 Å². The van der Waals surface area contributed by atoms with Gasteiger partial charge in [-0.2, -0.15) is 0 Å². The van der Waals surface area contributed by atoms with Gasteiger partial charge < -0.3 is 24.7 Å². The summed E-state index contributed by atoms with van der Waals surface area (Å²) in [5.74, 6) is 1.04. The number of halogens is 1. The Kier molecular flexibility index (Phi) is 7.24. The van der Waals surface area contributed by atoms with Gasteiger partial charge in [-0.25, -0.2) is 9.78 Å². The summed E-state index contributed by atoms with van der Waals surface area (Å²) in [5, 5.41) is 0.520. The number of anilines is 1. The normalized spacial score (nSPS) is 20.2. The van der Waals surface area contributed by atoms with Gasteiger partial charge in [-0.15, -0.1) is 0 Å². The number of nitrogens with zero attached hydrogens (tertiary/aromatic N) is 4. The number of rotatable bonds is 5. The number of nitrogen functional groups attached to an aromatic ring is 1. The van der Waals surface area contributed by atoms with Crippen LogP contribution >= 0.6 is 11.6 Å². The van der Waals surface area contributed by atoms with Gasteiger partial charge in [-0.3, -0.25) is 4.90 Å². The Bertz CT molecular complexity index is 981. The minimum Gasteiger partial charge on any atom is -0.491 e. The second-order valence-corrected chi connectivity index (χ2v) is 10.4. The first-order chi connectivity index (χ1) is 15.7. The fourth-order valence-electron chi connectivity index (χ4n) is 4.74. The Hall–Kier alpha value is -2.19. The maximum atomic E-state index is 12.8. The lowest BCUT2D eigenvalue weighted by Gasteiger charge is -2.29. The SMILES string of the molecule is CC(C)(C)OC(=O)N1CCCCC(n2c(N)nc3ccc(OCCN4CCCC4)c(Cl)c32)C1. The highest BCUT2D eigenvalue weighted by atomic mass is 35.5. The van der Waals surface area contributed by atoms with E-state index in [0.717, 1.165) is 49.9 Å². The van der Waals surface area contributed by atoms with Crippen LogP contribution in [0.4, 0.5) is 10.7 Å². The summed E-state index contributed by atoms with van der Waals surface area (Å²) in [6.07, 6.45) is 4.99. The van der Waals surface area contributed by atoms with E-state index in [1.54, 1.807) is 4.90 Å². The van der Waals surface area contributed by atoms with E-state index in [1.165, 1.54) is 12.8 Å². The number of benzene rings is 1. The highest BCUT2D eigenvalue weighted by Crippen LogP contribution is 2.37. The van der Waals surface area contributed by atoms with Gasteiger partial charge in [0.25, 0.3) is 0 Å². The maximum absolute atomic E-state index is 12.8. The third kappa shape index (κ3) is 5.66. The van der Waals surface area contributed by atoms with Crippen molar-refractivity contribution in [1.82, 2.24) is 19.4 Å². The largest absolute Gasteiger partial charge is 0.491 e. The molecule has 1 aromatic heterocycles. The minimum absolute atomic E-state index is 0.0395. The number of fused-ring (bicyclic) bond motifs is 1. The zero-order chi connectivity index (χ0) is 23.6. The van der Waals surface area contributed by atoms with Crippen molar-refractivity contribution in [3.05, 3.63) is 17.2 Å². The molecule has 1 unspecified atom stereocenters. The average Bonchev–Trinajstić information content (AvgIpc) is 3.29. The molecule has 1 amide bonds. The quantitative estimate of drug-likeness (QED) is 0.671. The molecule has 1 atom stereocenters. The number of imidazole rings is 1. The minimum atomic E-state index is -0.537. The lowest BCUT2D eigenvalue weighted by Crippen LogP contribution is -2.39. The Labute approximate surface area is 200 Å². The van der Waals surface area contributed by atoms with Gasteiger partial charge in [0.2, 0.25) is 5.95 Å². The maximum Gasteiger partial charge on any atom is 0.410 e. The number of ether oxygens (including phenoxy) is 2. The third-order valence-electron chi connectivity index (χ3n) is 6.31. The first-order valence-corrected chi connectivity index (χ1v) is 12.4. The molecule has 0 aliphatic carbocycles. The highest BCUT2D eigenvalue weighted by Gasteiger charge is 2.29. The molecule has 9 heteroatoms. The van der Waals surface area contributed by atoms with Gasteiger partial charge >= 0.3 is 6.09 Å². The molecule has 2 fully saturated rings. The molecule has 3 heterocycles. The van der Waals surface area contributed by atoms with Gasteiger partial charge in [0, 0.05) is 19.6 Å². The summed E-state index contributed by atoms with van der Waals surface area (Å²) in [5.41, 5.74) is 7.34. The van der Waals surface area contributed by atoms with Crippen molar-refractivity contribution >= 4 is 34.7 Å². The second kappa shape index (κ2) is 9.97. The van der Waals surface area contributed by atoms with Crippen LogP contribution < -0.4 is 10.5 Å². The molecule has 0 spiro atoms. The van der Waals surface area contributed by atoms with Gasteiger partial charge in [0.05, 0.1) is 17.1 Å². The molecule has 2 aliphatic heterocycles. The number of carbonyl (C=O) groups excluding carboxylic acids is 1. The highest BCUT2D eigenvalue weighted by molar-refractivity contribution is 6.36. The molecule has 1 aromatic carbocycles. The number of nitrogens with two attached hydrogens (primary N) is 1. The summed E-state index contributed by atoms with van der Waals surface area (Å²) in [6, 6.07) is 3.73. The summed E-state index contributed by atoms with van der Waals surface area (Å²) in [6.45, 7) is 10.6. The summed E-state index contributed by atoms with van der Waals surface area (Å²) in [7, 11) is 0. The Morgan fingerprint density at radius 3 is 2.64 bits per heavy atom. The van der Waals surface area contributed by atoms with E-state index in [1.807, 2.05) is 37.5 Å². The van der Waals surface area contributed by atoms with Crippen molar-refractivity contribution in [3.63, 3.8) is 0 Å². The molecule has 0 saturated carbocycles. The average molecular weight is 478 g/mol. The van der Waals surface area contributed by atoms with Crippen molar-refractivity contribution in [1.29, 1.82) is 0 Å². The monoisotopic (exact) mass is 477 g/mol.